The molecule has 1 saturated heterocycles. The van der Waals surface area contributed by atoms with E-state index < -0.39 is 0 Å². The van der Waals surface area contributed by atoms with Crippen LogP contribution < -0.4 is 10.1 Å². The number of urea groups is 1. The minimum atomic E-state index is -0.192. The van der Waals surface area contributed by atoms with Crippen LogP contribution in [0.1, 0.15) is 43.2 Å². The van der Waals surface area contributed by atoms with E-state index in [1.807, 2.05) is 47.7 Å². The first-order chi connectivity index (χ1) is 11.6. The Balaban J connectivity index is 1.70. The SMILES string of the molecule is COc1ccc([C@@H]2CCCN2C(=O)N[C@H](C)c2nncn2C)cc1. The topological polar surface area (TPSA) is 72.3 Å². The molecule has 1 N–H and O–H groups in total. The molecule has 1 fully saturated rings. The van der Waals surface area contributed by atoms with Crippen molar-refractivity contribution in [3.05, 3.63) is 42.0 Å². The van der Waals surface area contributed by atoms with Gasteiger partial charge in [0, 0.05) is 13.6 Å². The first kappa shape index (κ1) is 16.3. The maximum Gasteiger partial charge on any atom is 0.318 e. The molecule has 0 spiro atoms. The molecule has 7 nitrogen and oxygen atoms in total. The Morgan fingerprint density at radius 2 is 2.12 bits per heavy atom. The maximum atomic E-state index is 12.7. The van der Waals surface area contributed by atoms with E-state index in [0.29, 0.717) is 0 Å². The predicted molar refractivity (Wildman–Crippen MR) is 89.6 cm³/mol. The number of carbonyl (C=O) groups excluding carboxylic acids is 1. The summed E-state index contributed by atoms with van der Waals surface area (Å²) in [5, 5.41) is 10.9. The van der Waals surface area contributed by atoms with Gasteiger partial charge < -0.3 is 19.5 Å². The number of methoxy groups -OCH3 is 1. The average molecular weight is 329 g/mol. The van der Waals surface area contributed by atoms with Crippen molar-refractivity contribution in [1.82, 2.24) is 25.0 Å². The summed E-state index contributed by atoms with van der Waals surface area (Å²) in [7, 11) is 3.52. The van der Waals surface area contributed by atoms with Crippen LogP contribution in [-0.2, 0) is 7.05 Å². The van der Waals surface area contributed by atoms with E-state index in [2.05, 4.69) is 15.5 Å². The van der Waals surface area contributed by atoms with E-state index in [1.165, 1.54) is 0 Å². The first-order valence-electron chi connectivity index (χ1n) is 8.15. The molecule has 0 radical (unpaired) electrons. The summed E-state index contributed by atoms with van der Waals surface area (Å²) in [6, 6.07) is 7.77. The monoisotopic (exact) mass is 329 g/mol. The van der Waals surface area contributed by atoms with Crippen LogP contribution in [0.25, 0.3) is 0 Å². The average Bonchev–Trinajstić information content (AvgIpc) is 3.23. The number of rotatable bonds is 4. The van der Waals surface area contributed by atoms with Gasteiger partial charge in [-0.15, -0.1) is 10.2 Å². The number of hydrogen-bond acceptors (Lipinski definition) is 4. The number of carbonyl (C=O) groups is 1. The van der Waals surface area contributed by atoms with Crippen LogP contribution >= 0.6 is 0 Å². The highest BCUT2D eigenvalue weighted by Gasteiger charge is 2.31. The van der Waals surface area contributed by atoms with Gasteiger partial charge in [0.05, 0.1) is 19.2 Å². The Bertz CT molecular complexity index is 697. The van der Waals surface area contributed by atoms with Crippen LogP contribution in [0.5, 0.6) is 5.75 Å². The van der Waals surface area contributed by atoms with Gasteiger partial charge in [-0.1, -0.05) is 12.1 Å². The number of aromatic nitrogens is 3. The molecule has 7 heteroatoms. The van der Waals surface area contributed by atoms with Crippen LogP contribution in [0.2, 0.25) is 0 Å². The molecule has 0 unspecified atom stereocenters. The highest BCUT2D eigenvalue weighted by molar-refractivity contribution is 5.75. The Morgan fingerprint density at radius 1 is 1.38 bits per heavy atom. The van der Waals surface area contributed by atoms with Crippen LogP contribution in [0.4, 0.5) is 4.79 Å². The van der Waals surface area contributed by atoms with Crippen LogP contribution in [-0.4, -0.2) is 39.4 Å². The molecule has 128 valence electrons. The molecule has 0 aliphatic carbocycles. The highest BCUT2D eigenvalue weighted by Crippen LogP contribution is 2.33. The number of ether oxygens (including phenoxy) is 1. The summed E-state index contributed by atoms with van der Waals surface area (Å²) in [5.41, 5.74) is 1.13. The Kier molecular flexibility index (Phi) is 4.69. The molecule has 1 aromatic carbocycles. The summed E-state index contributed by atoms with van der Waals surface area (Å²) < 4.78 is 7.02. The molecule has 2 amide bonds. The van der Waals surface area contributed by atoms with E-state index >= 15 is 0 Å². The predicted octanol–water partition coefficient (Wildman–Crippen LogP) is 2.43. The number of benzene rings is 1. The summed E-state index contributed by atoms with van der Waals surface area (Å²) in [5.74, 6) is 1.56. The Hall–Kier alpha value is -2.57. The molecule has 2 aromatic rings. The van der Waals surface area contributed by atoms with Gasteiger partial charge in [-0.25, -0.2) is 4.79 Å². The van der Waals surface area contributed by atoms with Crippen molar-refractivity contribution >= 4 is 6.03 Å². The fraction of sp³-hybridized carbons (Fsp3) is 0.471. The lowest BCUT2D eigenvalue weighted by atomic mass is 10.0. The lowest BCUT2D eigenvalue weighted by molar-refractivity contribution is 0.189. The summed E-state index contributed by atoms with van der Waals surface area (Å²) >= 11 is 0. The van der Waals surface area contributed by atoms with Crippen molar-refractivity contribution in [2.45, 2.75) is 31.8 Å². The quantitative estimate of drug-likeness (QED) is 0.935. The molecule has 1 aliphatic heterocycles. The fourth-order valence-corrected chi connectivity index (χ4v) is 3.20. The second kappa shape index (κ2) is 6.90. The van der Waals surface area contributed by atoms with Crippen molar-refractivity contribution in [2.24, 2.45) is 7.05 Å². The van der Waals surface area contributed by atoms with Gasteiger partial charge in [-0.2, -0.15) is 0 Å². The number of amides is 2. The van der Waals surface area contributed by atoms with Gasteiger partial charge in [-0.3, -0.25) is 0 Å². The number of likely N-dealkylation sites (tertiary alicyclic amines) is 1. The number of nitrogens with zero attached hydrogens (tertiary/aromatic N) is 4. The summed E-state index contributed by atoms with van der Waals surface area (Å²) in [4.78, 5) is 14.6. The largest absolute Gasteiger partial charge is 0.497 e. The van der Waals surface area contributed by atoms with Crippen molar-refractivity contribution in [3.63, 3.8) is 0 Å². The molecular formula is C17H23N5O2. The van der Waals surface area contributed by atoms with Crippen molar-refractivity contribution in [2.75, 3.05) is 13.7 Å². The van der Waals surface area contributed by atoms with Gasteiger partial charge in [0.15, 0.2) is 5.82 Å². The van der Waals surface area contributed by atoms with Crippen molar-refractivity contribution in [3.8, 4) is 5.75 Å². The number of aryl methyl sites for hydroxylation is 1. The Morgan fingerprint density at radius 3 is 2.75 bits per heavy atom. The molecule has 2 heterocycles. The van der Waals surface area contributed by atoms with E-state index in [-0.39, 0.29) is 18.1 Å². The zero-order valence-corrected chi connectivity index (χ0v) is 14.3. The lowest BCUT2D eigenvalue weighted by Gasteiger charge is -2.27. The van der Waals surface area contributed by atoms with Crippen LogP contribution in [0.3, 0.4) is 0 Å². The minimum absolute atomic E-state index is 0.0659. The first-order valence-corrected chi connectivity index (χ1v) is 8.15. The van der Waals surface area contributed by atoms with E-state index in [1.54, 1.807) is 13.4 Å². The molecule has 2 atom stereocenters. The third-order valence-corrected chi connectivity index (χ3v) is 4.49. The van der Waals surface area contributed by atoms with Gasteiger partial charge in [0.1, 0.15) is 12.1 Å². The normalized spacial score (nSPS) is 18.5. The molecular weight excluding hydrogens is 306 g/mol. The molecule has 0 bridgehead atoms. The van der Waals surface area contributed by atoms with Gasteiger partial charge >= 0.3 is 6.03 Å². The van der Waals surface area contributed by atoms with Gasteiger partial charge in [-0.05, 0) is 37.5 Å². The van der Waals surface area contributed by atoms with Gasteiger partial charge in [0.25, 0.3) is 0 Å². The van der Waals surface area contributed by atoms with Gasteiger partial charge in [0.2, 0.25) is 0 Å². The summed E-state index contributed by atoms with van der Waals surface area (Å²) in [6.45, 7) is 2.68. The lowest BCUT2D eigenvalue weighted by Crippen LogP contribution is -2.41. The zero-order valence-electron chi connectivity index (χ0n) is 14.3. The number of nitrogens with one attached hydrogen (secondary N) is 1. The van der Waals surface area contributed by atoms with E-state index in [9.17, 15) is 4.79 Å². The maximum absolute atomic E-state index is 12.7. The van der Waals surface area contributed by atoms with E-state index in [4.69, 9.17) is 4.74 Å². The zero-order chi connectivity index (χ0) is 17.1. The molecule has 3 rings (SSSR count). The summed E-state index contributed by atoms with van der Waals surface area (Å²) in [6.07, 6.45) is 3.61. The molecule has 24 heavy (non-hydrogen) atoms. The minimum Gasteiger partial charge on any atom is -0.497 e. The fourth-order valence-electron chi connectivity index (χ4n) is 3.20. The number of hydrogen-bond donors (Lipinski definition) is 1. The third kappa shape index (κ3) is 3.20. The highest BCUT2D eigenvalue weighted by atomic mass is 16.5. The van der Waals surface area contributed by atoms with Crippen LogP contribution in [0, 0.1) is 0 Å². The second-order valence-electron chi connectivity index (χ2n) is 6.10. The molecule has 1 aromatic heterocycles. The smallest absolute Gasteiger partial charge is 0.318 e. The molecule has 0 saturated carbocycles. The Labute approximate surface area is 141 Å². The molecule has 1 aliphatic rings. The van der Waals surface area contributed by atoms with Crippen LogP contribution in [0.15, 0.2) is 30.6 Å². The standard InChI is InChI=1S/C17H23N5O2/c1-12(16-20-18-11-21(16)2)19-17(23)22-10-4-5-15(22)13-6-8-14(24-3)9-7-13/h6-9,11-12,15H,4-5,10H2,1-3H3,(H,19,23)/t12-,15+/m1/s1. The van der Waals surface area contributed by atoms with Crippen molar-refractivity contribution in [1.29, 1.82) is 0 Å². The van der Waals surface area contributed by atoms with Crippen molar-refractivity contribution < 1.29 is 9.53 Å². The second-order valence-corrected chi connectivity index (χ2v) is 6.10. The van der Waals surface area contributed by atoms with E-state index in [0.717, 1.165) is 36.5 Å². The third-order valence-electron chi connectivity index (χ3n) is 4.49.